The van der Waals surface area contributed by atoms with Crippen molar-refractivity contribution in [2.24, 2.45) is 0 Å². The molecule has 5 heteroatoms. The number of hydrogen-bond donors (Lipinski definition) is 0. The molecule has 112 valence electrons. The van der Waals surface area contributed by atoms with E-state index in [1.165, 1.54) is 5.56 Å². The predicted octanol–water partition coefficient (Wildman–Crippen LogP) is 4.20. The number of hydrogen-bond acceptors (Lipinski definition) is 3. The molecule has 22 heavy (non-hydrogen) atoms. The monoisotopic (exact) mass is 374 g/mol. The van der Waals surface area contributed by atoms with Gasteiger partial charge in [0.15, 0.2) is 0 Å². The van der Waals surface area contributed by atoms with Crippen LogP contribution in [0, 0.1) is 6.92 Å². The van der Waals surface area contributed by atoms with Gasteiger partial charge in [0, 0.05) is 28.2 Å². The first-order valence-corrected chi connectivity index (χ1v) is 8.88. The molecule has 0 radical (unpaired) electrons. The summed E-state index contributed by atoms with van der Waals surface area (Å²) < 4.78 is 2.68. The molecule has 2 heterocycles. The lowest BCUT2D eigenvalue weighted by atomic mass is 10.2. The Morgan fingerprint density at radius 3 is 2.68 bits per heavy atom. The fraction of sp³-hybridized carbons (Fsp3) is 0.176. The first-order valence-electron chi connectivity index (χ1n) is 6.93. The number of nitrogens with zero attached hydrogens (tertiary/aromatic N) is 2. The van der Waals surface area contributed by atoms with Crippen LogP contribution < -0.4 is 5.56 Å². The first-order chi connectivity index (χ1) is 10.6. The zero-order valence-electron chi connectivity index (χ0n) is 12.1. The summed E-state index contributed by atoms with van der Waals surface area (Å²) in [4.78, 5) is 16.7. The van der Waals surface area contributed by atoms with E-state index in [-0.39, 0.29) is 5.56 Å². The number of thioether (sulfide) groups is 1. The lowest BCUT2D eigenvalue weighted by Gasteiger charge is -2.05. The summed E-state index contributed by atoms with van der Waals surface area (Å²) in [5, 5.41) is 0. The molecule has 0 saturated heterocycles. The summed E-state index contributed by atoms with van der Waals surface area (Å²) in [5.74, 6) is 1.64. The highest BCUT2D eigenvalue weighted by atomic mass is 79.9. The predicted molar refractivity (Wildman–Crippen MR) is 95.3 cm³/mol. The molecule has 1 aromatic carbocycles. The quantitative estimate of drug-likeness (QED) is 0.686. The summed E-state index contributed by atoms with van der Waals surface area (Å²) in [6, 6.07) is 13.8. The maximum Gasteiger partial charge on any atom is 0.258 e. The Balaban J connectivity index is 1.73. The number of halogens is 1. The zero-order valence-corrected chi connectivity index (χ0v) is 14.5. The van der Waals surface area contributed by atoms with Crippen LogP contribution in [0.4, 0.5) is 0 Å². The van der Waals surface area contributed by atoms with Crippen molar-refractivity contribution in [1.82, 2.24) is 9.38 Å². The highest BCUT2D eigenvalue weighted by molar-refractivity contribution is 9.10. The number of benzene rings is 1. The number of pyridine rings is 1. The largest absolute Gasteiger partial charge is 0.269 e. The second-order valence-corrected chi connectivity index (χ2v) is 7.04. The second-order valence-electron chi connectivity index (χ2n) is 5.14. The van der Waals surface area contributed by atoms with E-state index in [9.17, 15) is 4.79 Å². The molecule has 0 atom stereocenters. The van der Waals surface area contributed by atoms with Crippen LogP contribution in [-0.4, -0.2) is 9.38 Å². The fourth-order valence-electron chi connectivity index (χ4n) is 2.19. The maximum atomic E-state index is 12.1. The molecule has 0 aliphatic heterocycles. The molecule has 0 bridgehead atoms. The van der Waals surface area contributed by atoms with Crippen LogP contribution in [0.3, 0.4) is 0 Å². The topological polar surface area (TPSA) is 34.4 Å². The Bertz CT molecular complexity index is 859. The minimum absolute atomic E-state index is 0.0204. The van der Waals surface area contributed by atoms with Crippen molar-refractivity contribution in [3.05, 3.63) is 80.3 Å². The molecule has 0 saturated carbocycles. The van der Waals surface area contributed by atoms with Gasteiger partial charge >= 0.3 is 0 Å². The summed E-state index contributed by atoms with van der Waals surface area (Å²) in [6.07, 6.45) is 1.82. The molecule has 0 aliphatic rings. The van der Waals surface area contributed by atoms with Crippen molar-refractivity contribution in [1.29, 1.82) is 0 Å². The molecule has 0 fully saturated rings. The Morgan fingerprint density at radius 1 is 1.14 bits per heavy atom. The first kappa shape index (κ1) is 15.3. The van der Waals surface area contributed by atoms with Crippen LogP contribution in [0.2, 0.25) is 0 Å². The number of rotatable bonds is 4. The Hall–Kier alpha value is -1.59. The molecule has 3 rings (SSSR count). The molecule has 0 spiro atoms. The van der Waals surface area contributed by atoms with E-state index in [2.05, 4.69) is 33.0 Å². The molecule has 0 unspecified atom stereocenters. The maximum absolute atomic E-state index is 12.1. The van der Waals surface area contributed by atoms with Gasteiger partial charge in [0.2, 0.25) is 0 Å². The van der Waals surface area contributed by atoms with E-state index in [4.69, 9.17) is 0 Å². The lowest BCUT2D eigenvalue weighted by molar-refractivity contribution is 1.00. The Morgan fingerprint density at radius 2 is 1.91 bits per heavy atom. The van der Waals surface area contributed by atoms with Crippen molar-refractivity contribution in [3.63, 3.8) is 0 Å². The molecule has 0 aliphatic carbocycles. The molecule has 3 aromatic rings. The SMILES string of the molecule is Cc1ccc2nc(CSCc3ccc(Br)cc3)cc(=O)n2c1. The van der Waals surface area contributed by atoms with E-state index in [1.54, 1.807) is 22.2 Å². The molecular weight excluding hydrogens is 360 g/mol. The van der Waals surface area contributed by atoms with E-state index < -0.39 is 0 Å². The summed E-state index contributed by atoms with van der Waals surface area (Å²) >= 11 is 5.19. The highest BCUT2D eigenvalue weighted by Gasteiger charge is 2.03. The van der Waals surface area contributed by atoms with Crippen molar-refractivity contribution >= 4 is 33.3 Å². The standard InChI is InChI=1S/C17H15BrN2OS/c1-12-2-7-16-19-15(8-17(21)20(16)9-12)11-22-10-13-3-5-14(18)6-4-13/h2-9H,10-11H2,1H3. The molecular formula is C17H15BrN2OS. The van der Waals surface area contributed by atoms with Gasteiger partial charge in [-0.05, 0) is 36.2 Å². The van der Waals surface area contributed by atoms with E-state index in [0.29, 0.717) is 5.65 Å². The minimum Gasteiger partial charge on any atom is -0.269 e. The van der Waals surface area contributed by atoms with Crippen molar-refractivity contribution in [2.75, 3.05) is 0 Å². The summed E-state index contributed by atoms with van der Waals surface area (Å²) in [5.41, 5.74) is 3.83. The molecule has 0 N–H and O–H groups in total. The van der Waals surface area contributed by atoms with Gasteiger partial charge in [-0.3, -0.25) is 9.20 Å². The second kappa shape index (κ2) is 6.67. The van der Waals surface area contributed by atoms with Crippen molar-refractivity contribution in [2.45, 2.75) is 18.4 Å². The van der Waals surface area contributed by atoms with Crippen molar-refractivity contribution in [3.8, 4) is 0 Å². The Kier molecular flexibility index (Phi) is 4.64. The summed E-state index contributed by atoms with van der Waals surface area (Å²) in [6.45, 7) is 1.97. The van der Waals surface area contributed by atoms with Gasteiger partial charge in [0.1, 0.15) is 5.65 Å². The smallest absolute Gasteiger partial charge is 0.258 e. The van der Waals surface area contributed by atoms with Gasteiger partial charge in [0.05, 0.1) is 5.69 Å². The normalized spacial score (nSPS) is 11.0. The van der Waals surface area contributed by atoms with Gasteiger partial charge in [-0.25, -0.2) is 4.98 Å². The Labute approximate surface area is 141 Å². The number of fused-ring (bicyclic) bond motifs is 1. The highest BCUT2D eigenvalue weighted by Crippen LogP contribution is 2.18. The molecule has 0 amide bonds. The van der Waals surface area contributed by atoms with Gasteiger partial charge < -0.3 is 0 Å². The van der Waals surface area contributed by atoms with Gasteiger partial charge in [-0.1, -0.05) is 34.1 Å². The van der Waals surface area contributed by atoms with Crippen LogP contribution in [0.1, 0.15) is 16.8 Å². The average molecular weight is 375 g/mol. The average Bonchev–Trinajstić information content (AvgIpc) is 2.50. The van der Waals surface area contributed by atoms with E-state index >= 15 is 0 Å². The third-order valence-corrected chi connectivity index (χ3v) is 4.86. The molecule has 2 aromatic heterocycles. The van der Waals surface area contributed by atoms with Crippen LogP contribution in [0.15, 0.2) is 57.9 Å². The van der Waals surface area contributed by atoms with E-state index in [1.807, 2.05) is 37.4 Å². The van der Waals surface area contributed by atoms with Crippen LogP contribution >= 0.6 is 27.7 Å². The number of aryl methyl sites for hydroxylation is 1. The summed E-state index contributed by atoms with van der Waals surface area (Å²) in [7, 11) is 0. The van der Waals surface area contributed by atoms with Gasteiger partial charge in [0.25, 0.3) is 5.56 Å². The zero-order chi connectivity index (χ0) is 15.5. The number of aromatic nitrogens is 2. The van der Waals surface area contributed by atoms with E-state index in [0.717, 1.165) is 27.2 Å². The van der Waals surface area contributed by atoms with Crippen LogP contribution in [0.25, 0.3) is 5.65 Å². The van der Waals surface area contributed by atoms with Gasteiger partial charge in [-0.15, -0.1) is 0 Å². The van der Waals surface area contributed by atoms with Crippen LogP contribution in [0.5, 0.6) is 0 Å². The fourth-order valence-corrected chi connectivity index (χ4v) is 3.34. The van der Waals surface area contributed by atoms with Crippen LogP contribution in [-0.2, 0) is 11.5 Å². The van der Waals surface area contributed by atoms with Crippen molar-refractivity contribution < 1.29 is 0 Å². The third kappa shape index (κ3) is 3.59. The minimum atomic E-state index is -0.0204. The molecule has 3 nitrogen and oxygen atoms in total. The lowest BCUT2D eigenvalue weighted by Crippen LogP contribution is -2.15. The van der Waals surface area contributed by atoms with Gasteiger partial charge in [-0.2, -0.15) is 11.8 Å². The third-order valence-electron chi connectivity index (χ3n) is 3.29.